The predicted octanol–water partition coefficient (Wildman–Crippen LogP) is 4.07. The van der Waals surface area contributed by atoms with Crippen LogP contribution in [0.4, 0.5) is 11.5 Å². The number of nitrogens with two attached hydrogens (primary N) is 1. The van der Waals surface area contributed by atoms with Gasteiger partial charge in [-0.3, -0.25) is 0 Å². The Balaban J connectivity index is 2.31. The minimum Gasteiger partial charge on any atom is -0.389 e. The molecule has 0 bridgehead atoms. The van der Waals surface area contributed by atoms with Gasteiger partial charge < -0.3 is 11.1 Å². The molecule has 0 atom stereocenters. The summed E-state index contributed by atoms with van der Waals surface area (Å²) in [6.07, 6.45) is 1.60. The fraction of sp³-hybridized carbons (Fsp3) is 0.0769. The number of aromatic nitrogens is 1. The standard InChI is InChI=1S/C13H11Cl2N3S/c1-7-2-4-9(14)12(11(7)15)18-10-5-3-8(6-17-10)13(16)19/h2-6H,1H3,(H2,16,19)(H,17,18). The number of nitrogens with zero attached hydrogens (tertiary/aromatic N) is 1. The Bertz CT molecular complexity index is 627. The first-order chi connectivity index (χ1) is 8.99. The maximum absolute atomic E-state index is 6.21. The van der Waals surface area contributed by atoms with Crippen molar-refractivity contribution in [3.05, 3.63) is 51.6 Å². The molecule has 3 nitrogen and oxygen atoms in total. The number of benzene rings is 1. The van der Waals surface area contributed by atoms with Gasteiger partial charge in [0.15, 0.2) is 0 Å². The van der Waals surface area contributed by atoms with Gasteiger partial charge in [0.2, 0.25) is 0 Å². The van der Waals surface area contributed by atoms with Crippen molar-refractivity contribution < 1.29 is 0 Å². The lowest BCUT2D eigenvalue weighted by atomic mass is 10.2. The number of anilines is 2. The fourth-order valence-corrected chi connectivity index (χ4v) is 2.10. The highest BCUT2D eigenvalue weighted by atomic mass is 35.5. The third-order valence-corrected chi connectivity index (χ3v) is 3.62. The van der Waals surface area contributed by atoms with Gasteiger partial charge in [-0.1, -0.05) is 41.5 Å². The highest BCUT2D eigenvalue weighted by Crippen LogP contribution is 2.34. The molecule has 6 heteroatoms. The molecular weight excluding hydrogens is 301 g/mol. The number of pyridine rings is 1. The lowest BCUT2D eigenvalue weighted by Crippen LogP contribution is -2.09. The quantitative estimate of drug-likeness (QED) is 0.839. The molecule has 1 heterocycles. The van der Waals surface area contributed by atoms with Crippen molar-refractivity contribution in [1.29, 1.82) is 0 Å². The summed E-state index contributed by atoms with van der Waals surface area (Å²) >= 11 is 17.2. The Morgan fingerprint density at radius 2 is 2.00 bits per heavy atom. The van der Waals surface area contributed by atoms with Gasteiger partial charge in [0.05, 0.1) is 15.7 Å². The molecule has 0 amide bonds. The second-order valence-corrected chi connectivity index (χ2v) is 5.20. The number of hydrogen-bond donors (Lipinski definition) is 2. The van der Waals surface area contributed by atoms with Crippen LogP contribution in [-0.4, -0.2) is 9.97 Å². The van der Waals surface area contributed by atoms with Gasteiger partial charge in [-0.2, -0.15) is 0 Å². The smallest absolute Gasteiger partial charge is 0.130 e. The number of rotatable bonds is 3. The van der Waals surface area contributed by atoms with Crippen LogP contribution in [0, 0.1) is 6.92 Å². The van der Waals surface area contributed by atoms with E-state index in [9.17, 15) is 0 Å². The Morgan fingerprint density at radius 1 is 1.26 bits per heavy atom. The first-order valence-corrected chi connectivity index (χ1v) is 6.63. The van der Waals surface area contributed by atoms with Crippen molar-refractivity contribution in [3.8, 4) is 0 Å². The maximum Gasteiger partial charge on any atom is 0.130 e. The van der Waals surface area contributed by atoms with Gasteiger partial charge >= 0.3 is 0 Å². The Labute approximate surface area is 126 Å². The normalized spacial score (nSPS) is 10.3. The Morgan fingerprint density at radius 3 is 2.58 bits per heavy atom. The van der Waals surface area contributed by atoms with Crippen molar-refractivity contribution in [1.82, 2.24) is 4.98 Å². The molecule has 0 saturated carbocycles. The molecule has 98 valence electrons. The second-order valence-electron chi connectivity index (χ2n) is 3.97. The minimum atomic E-state index is 0.311. The molecule has 0 unspecified atom stereocenters. The maximum atomic E-state index is 6.21. The van der Waals surface area contributed by atoms with E-state index in [1.165, 1.54) is 0 Å². The van der Waals surface area contributed by atoms with Crippen LogP contribution in [0.2, 0.25) is 10.0 Å². The lowest BCUT2D eigenvalue weighted by molar-refractivity contribution is 1.29. The van der Waals surface area contributed by atoms with Gasteiger partial charge in [-0.05, 0) is 30.7 Å². The first-order valence-electron chi connectivity index (χ1n) is 5.46. The highest BCUT2D eigenvalue weighted by molar-refractivity contribution is 7.80. The van der Waals surface area contributed by atoms with E-state index in [2.05, 4.69) is 10.3 Å². The fourth-order valence-electron chi connectivity index (χ4n) is 1.51. The van der Waals surface area contributed by atoms with Crippen LogP contribution in [0.25, 0.3) is 0 Å². The molecule has 0 saturated heterocycles. The summed E-state index contributed by atoms with van der Waals surface area (Å²) in [4.78, 5) is 4.52. The summed E-state index contributed by atoms with van der Waals surface area (Å²) in [5, 5.41) is 4.20. The summed E-state index contributed by atoms with van der Waals surface area (Å²) in [6, 6.07) is 7.20. The Kier molecular flexibility index (Phi) is 4.24. The summed E-state index contributed by atoms with van der Waals surface area (Å²) < 4.78 is 0. The zero-order valence-electron chi connectivity index (χ0n) is 10.1. The monoisotopic (exact) mass is 311 g/mol. The lowest BCUT2D eigenvalue weighted by Gasteiger charge is -2.11. The van der Waals surface area contributed by atoms with Crippen molar-refractivity contribution in [2.24, 2.45) is 5.73 Å². The molecule has 0 aliphatic heterocycles. The summed E-state index contributed by atoms with van der Waals surface area (Å²) in [6.45, 7) is 1.91. The predicted molar refractivity (Wildman–Crippen MR) is 84.6 cm³/mol. The second kappa shape index (κ2) is 5.74. The average Bonchev–Trinajstić information content (AvgIpc) is 2.40. The zero-order chi connectivity index (χ0) is 14.0. The van der Waals surface area contributed by atoms with Gasteiger partial charge in [-0.25, -0.2) is 4.98 Å². The van der Waals surface area contributed by atoms with E-state index in [1.807, 2.05) is 13.0 Å². The number of aryl methyl sites for hydroxylation is 1. The van der Waals surface area contributed by atoms with E-state index in [0.717, 1.165) is 5.56 Å². The van der Waals surface area contributed by atoms with Gasteiger partial charge in [0.25, 0.3) is 0 Å². The van der Waals surface area contributed by atoms with Gasteiger partial charge in [-0.15, -0.1) is 0 Å². The number of nitrogens with one attached hydrogen (secondary N) is 1. The zero-order valence-corrected chi connectivity index (χ0v) is 12.4. The van der Waals surface area contributed by atoms with E-state index in [0.29, 0.717) is 32.1 Å². The molecule has 0 aliphatic rings. The van der Waals surface area contributed by atoms with E-state index in [4.69, 9.17) is 41.2 Å². The molecule has 2 rings (SSSR count). The van der Waals surface area contributed by atoms with Crippen LogP contribution in [0.3, 0.4) is 0 Å². The third-order valence-electron chi connectivity index (χ3n) is 2.59. The van der Waals surface area contributed by atoms with Crippen LogP contribution < -0.4 is 11.1 Å². The van der Waals surface area contributed by atoms with Crippen LogP contribution >= 0.6 is 35.4 Å². The third kappa shape index (κ3) is 3.15. The summed E-state index contributed by atoms with van der Waals surface area (Å²) in [7, 11) is 0. The van der Waals surface area contributed by atoms with E-state index in [-0.39, 0.29) is 0 Å². The van der Waals surface area contributed by atoms with E-state index >= 15 is 0 Å². The molecule has 19 heavy (non-hydrogen) atoms. The molecular formula is C13H11Cl2N3S. The van der Waals surface area contributed by atoms with E-state index < -0.39 is 0 Å². The van der Waals surface area contributed by atoms with Crippen LogP contribution in [0.1, 0.15) is 11.1 Å². The van der Waals surface area contributed by atoms with Crippen LogP contribution in [0.15, 0.2) is 30.5 Å². The Hall–Kier alpha value is -1.36. The summed E-state index contributed by atoms with van der Waals surface area (Å²) in [5.41, 5.74) is 7.80. The molecule has 2 aromatic rings. The molecule has 0 aliphatic carbocycles. The van der Waals surface area contributed by atoms with Crippen molar-refractivity contribution in [2.75, 3.05) is 5.32 Å². The largest absolute Gasteiger partial charge is 0.389 e. The van der Waals surface area contributed by atoms with Crippen molar-refractivity contribution in [2.45, 2.75) is 6.92 Å². The molecule has 0 radical (unpaired) electrons. The van der Waals surface area contributed by atoms with Crippen LogP contribution in [-0.2, 0) is 0 Å². The highest BCUT2D eigenvalue weighted by Gasteiger charge is 2.09. The minimum absolute atomic E-state index is 0.311. The molecule has 0 spiro atoms. The van der Waals surface area contributed by atoms with Gasteiger partial charge in [0, 0.05) is 11.8 Å². The SMILES string of the molecule is Cc1ccc(Cl)c(Nc2ccc(C(N)=S)cn2)c1Cl. The first kappa shape index (κ1) is 14.1. The van der Waals surface area contributed by atoms with Crippen molar-refractivity contribution in [3.63, 3.8) is 0 Å². The van der Waals surface area contributed by atoms with Crippen molar-refractivity contribution >= 4 is 51.9 Å². The van der Waals surface area contributed by atoms with Gasteiger partial charge in [0.1, 0.15) is 10.8 Å². The topological polar surface area (TPSA) is 50.9 Å². The van der Waals surface area contributed by atoms with Crippen LogP contribution in [0.5, 0.6) is 0 Å². The molecule has 3 N–H and O–H groups in total. The average molecular weight is 312 g/mol. The molecule has 1 aromatic heterocycles. The number of thiocarbonyl (C=S) groups is 1. The molecule has 0 fully saturated rings. The molecule has 1 aromatic carbocycles. The van der Waals surface area contributed by atoms with E-state index in [1.54, 1.807) is 24.4 Å². The summed E-state index contributed by atoms with van der Waals surface area (Å²) in [5.74, 6) is 0.620. The number of hydrogen-bond acceptors (Lipinski definition) is 3. The number of halogens is 2.